The van der Waals surface area contributed by atoms with E-state index in [0.29, 0.717) is 0 Å². The van der Waals surface area contributed by atoms with Crippen molar-refractivity contribution in [3.8, 4) is 0 Å². The third-order valence-electron chi connectivity index (χ3n) is 9.08. The Morgan fingerprint density at radius 1 is 0.689 bits per heavy atom. The quantitative estimate of drug-likeness (QED) is 0.0424. The van der Waals surface area contributed by atoms with Gasteiger partial charge in [0.05, 0.1) is 26.1 Å². The van der Waals surface area contributed by atoms with Crippen LogP contribution in [-0.2, 0) is 85.7 Å². The lowest BCUT2D eigenvalue weighted by molar-refractivity contribution is -0.297. The highest BCUT2D eigenvalue weighted by Gasteiger charge is 2.56. The number of allylic oxidation sites excluding steroid dienone is 8. The summed E-state index contributed by atoms with van der Waals surface area (Å²) in [6, 6.07) is 0. The molecule has 1 saturated heterocycles. The monoisotopic (exact) mass is 856 g/mol. The molecule has 0 amide bonds. The number of rotatable bonds is 16. The number of ether oxygens (including phenoxy) is 10. The van der Waals surface area contributed by atoms with Crippen molar-refractivity contribution >= 4 is 48.3 Å². The van der Waals surface area contributed by atoms with E-state index < -0.39 is 82.4 Å². The number of hydrogen-bond donors (Lipinski definition) is 2. The van der Waals surface area contributed by atoms with Gasteiger partial charge in [-0.1, -0.05) is 42.5 Å². The van der Waals surface area contributed by atoms with Gasteiger partial charge in [-0.3, -0.25) is 14.4 Å². The Kier molecular flexibility index (Phi) is 15.1. The molecule has 2 atom stereocenters. The molecule has 1 saturated carbocycles. The Balaban J connectivity index is 1.29. The molecule has 1 aliphatic carbocycles. The lowest BCUT2D eigenvalue weighted by Gasteiger charge is -2.46. The highest BCUT2D eigenvalue weighted by atomic mass is 16.8. The van der Waals surface area contributed by atoms with Crippen molar-refractivity contribution in [3.63, 3.8) is 0 Å². The van der Waals surface area contributed by atoms with E-state index in [0.717, 1.165) is 6.08 Å². The van der Waals surface area contributed by atoms with Crippen LogP contribution in [0.4, 0.5) is 0 Å². The normalized spacial score (nSPS) is 25.5. The smallest absolute Gasteiger partial charge is 0.348 e. The van der Waals surface area contributed by atoms with Gasteiger partial charge in [-0.25, -0.2) is 24.0 Å². The fraction of sp³-hybridized carbons (Fsp3) is 0.415. The molecule has 20 nitrogen and oxygen atoms in total. The molecule has 2 N–H and O–H groups in total. The van der Waals surface area contributed by atoms with E-state index >= 15 is 0 Å². The number of carbonyl (C=O) groups is 8. The summed E-state index contributed by atoms with van der Waals surface area (Å²) < 4.78 is 52.4. The maximum absolute atomic E-state index is 12.9. The van der Waals surface area contributed by atoms with E-state index in [1.807, 2.05) is 0 Å². The average Bonchev–Trinajstić information content (AvgIpc) is 3.15. The molecule has 328 valence electrons. The van der Waals surface area contributed by atoms with Crippen LogP contribution in [-0.4, -0.2) is 94.8 Å². The lowest BCUT2D eigenvalue weighted by atomic mass is 9.87. The Labute approximate surface area is 348 Å². The minimum atomic E-state index is -1.69. The standard InChI is InChI=1S/C41H44O20/c1-25(31(45)55-38(4,54-24-42)20-22-52-26(2)43)12-8-6-9-14-29-34(48)58-40(59-35(29)49)16-18-41(19-17-40)60-36(50)30(37(51)61-41)15-11-7-10-13-28-32(46)56-39(5,57-33(28)47)21-23-53-27(3)44/h6-15,24,46,48H,16-23H2,1-5H3/b8-6?,11-7+,13-10+,14-9?,25-12?,30-15?. The van der Waals surface area contributed by atoms with Gasteiger partial charge in [-0.15, -0.1) is 0 Å². The van der Waals surface area contributed by atoms with Crippen molar-refractivity contribution in [2.75, 3.05) is 13.2 Å². The van der Waals surface area contributed by atoms with Gasteiger partial charge in [-0.05, 0) is 25.2 Å². The van der Waals surface area contributed by atoms with E-state index in [9.17, 15) is 48.6 Å². The first-order chi connectivity index (χ1) is 28.7. The van der Waals surface area contributed by atoms with Crippen molar-refractivity contribution in [1.29, 1.82) is 0 Å². The summed E-state index contributed by atoms with van der Waals surface area (Å²) in [6.07, 6.45) is 12.2. The first-order valence-corrected chi connectivity index (χ1v) is 18.6. The molecular weight excluding hydrogens is 812 g/mol. The second-order valence-electron chi connectivity index (χ2n) is 14.0. The van der Waals surface area contributed by atoms with Gasteiger partial charge in [-0.2, -0.15) is 0 Å². The first-order valence-electron chi connectivity index (χ1n) is 18.6. The summed E-state index contributed by atoms with van der Waals surface area (Å²) >= 11 is 0. The van der Waals surface area contributed by atoms with Gasteiger partial charge in [0.25, 0.3) is 41.5 Å². The highest BCUT2D eigenvalue weighted by Crippen LogP contribution is 2.46. The van der Waals surface area contributed by atoms with Gasteiger partial charge in [0.2, 0.25) is 0 Å². The summed E-state index contributed by atoms with van der Waals surface area (Å²) in [5.41, 5.74) is -0.990. The molecule has 20 heteroatoms. The maximum Gasteiger partial charge on any atom is 0.348 e. The third-order valence-corrected chi connectivity index (χ3v) is 9.08. The molecule has 3 aliphatic heterocycles. The van der Waals surface area contributed by atoms with Crippen LogP contribution in [0.15, 0.2) is 94.9 Å². The zero-order valence-corrected chi connectivity index (χ0v) is 33.8. The molecule has 4 rings (SSSR count). The third kappa shape index (κ3) is 12.7. The first kappa shape index (κ1) is 46.6. The molecule has 61 heavy (non-hydrogen) atoms. The molecule has 0 aromatic carbocycles. The van der Waals surface area contributed by atoms with E-state index in [2.05, 4.69) is 0 Å². The molecular formula is C41H44O20. The highest BCUT2D eigenvalue weighted by molar-refractivity contribution is 6.15. The van der Waals surface area contributed by atoms with Gasteiger partial charge in [0.1, 0.15) is 16.7 Å². The van der Waals surface area contributed by atoms with Crippen LogP contribution in [0.2, 0.25) is 0 Å². The molecule has 0 bridgehead atoms. The van der Waals surface area contributed by atoms with E-state index in [4.69, 9.17) is 47.4 Å². The molecule has 3 heterocycles. The second kappa shape index (κ2) is 19.8. The summed E-state index contributed by atoms with van der Waals surface area (Å²) in [7, 11) is 0. The Hall–Kier alpha value is -7.12. The van der Waals surface area contributed by atoms with Crippen LogP contribution in [0.1, 0.15) is 73.1 Å². The van der Waals surface area contributed by atoms with Gasteiger partial charge in [0.15, 0.2) is 0 Å². The van der Waals surface area contributed by atoms with E-state index in [-0.39, 0.29) is 74.9 Å². The minimum Gasteiger partial charge on any atom is -0.480 e. The topological polar surface area (TPSA) is 269 Å². The van der Waals surface area contributed by atoms with Crippen molar-refractivity contribution in [1.82, 2.24) is 0 Å². The number of cyclic esters (lactones) is 1. The molecule has 4 aliphatic rings. The number of aliphatic hydroxyl groups is 2. The molecule has 0 aromatic heterocycles. The maximum atomic E-state index is 12.9. The summed E-state index contributed by atoms with van der Waals surface area (Å²) in [4.78, 5) is 96.6. The number of hydrogen-bond acceptors (Lipinski definition) is 20. The number of carbonyl (C=O) groups excluding carboxylic acids is 8. The SMILES string of the molecule is CC(=O)OCCC(C)(OC=O)OC(=O)C(C)=CC=CC=CC1=C(O)OC2(CCC3(CC2)OC(=O)C(=C/C=C/C=C/C2=C(O)OC(C)(CCOC(C)=O)OC2=O)C(=O)O3)OC1=O. The number of aliphatic hydroxyl groups excluding tert-OH is 2. The predicted octanol–water partition coefficient (Wildman–Crippen LogP) is 3.89. The van der Waals surface area contributed by atoms with Crippen LogP contribution in [0.3, 0.4) is 0 Å². The zero-order valence-electron chi connectivity index (χ0n) is 33.8. The largest absolute Gasteiger partial charge is 0.480 e. The van der Waals surface area contributed by atoms with Crippen molar-refractivity contribution in [2.45, 2.75) is 96.3 Å². The summed E-state index contributed by atoms with van der Waals surface area (Å²) in [5.74, 6) is -13.8. The fourth-order valence-electron chi connectivity index (χ4n) is 5.80. The summed E-state index contributed by atoms with van der Waals surface area (Å²) in [6.45, 7) is 6.36. The molecule has 2 unspecified atom stereocenters. The van der Waals surface area contributed by atoms with Crippen LogP contribution in [0.5, 0.6) is 0 Å². The Bertz CT molecular complexity index is 2030. The van der Waals surface area contributed by atoms with Crippen LogP contribution in [0, 0.1) is 0 Å². The number of esters is 7. The van der Waals surface area contributed by atoms with Gasteiger partial charge >= 0.3 is 41.8 Å². The second-order valence-corrected chi connectivity index (χ2v) is 14.0. The molecule has 0 radical (unpaired) electrons. The molecule has 2 spiro atoms. The van der Waals surface area contributed by atoms with Crippen LogP contribution in [0.25, 0.3) is 0 Å². The zero-order chi connectivity index (χ0) is 45.0. The average molecular weight is 857 g/mol. The van der Waals surface area contributed by atoms with E-state index in [1.165, 1.54) is 89.3 Å². The van der Waals surface area contributed by atoms with Crippen LogP contribution >= 0.6 is 0 Å². The van der Waals surface area contributed by atoms with Crippen molar-refractivity contribution < 1.29 is 95.9 Å². The van der Waals surface area contributed by atoms with Crippen molar-refractivity contribution in [2.24, 2.45) is 0 Å². The fourth-order valence-corrected chi connectivity index (χ4v) is 5.80. The Morgan fingerprint density at radius 2 is 1.20 bits per heavy atom. The van der Waals surface area contributed by atoms with Gasteiger partial charge in [0, 0.05) is 59.0 Å². The van der Waals surface area contributed by atoms with Crippen LogP contribution < -0.4 is 0 Å². The van der Waals surface area contributed by atoms with Gasteiger partial charge < -0.3 is 57.6 Å². The Morgan fingerprint density at radius 3 is 1.74 bits per heavy atom. The molecule has 0 aromatic rings. The van der Waals surface area contributed by atoms with E-state index in [1.54, 1.807) is 0 Å². The molecule has 2 fully saturated rings. The minimum absolute atomic E-state index is 0.0409. The van der Waals surface area contributed by atoms with Crippen molar-refractivity contribution in [3.05, 3.63) is 94.9 Å². The summed E-state index contributed by atoms with van der Waals surface area (Å²) in [5, 5.41) is 20.9. The lowest BCUT2D eigenvalue weighted by Crippen LogP contribution is -2.54. The predicted molar refractivity (Wildman–Crippen MR) is 201 cm³/mol.